The van der Waals surface area contributed by atoms with Crippen molar-refractivity contribution in [3.63, 3.8) is 0 Å². The van der Waals surface area contributed by atoms with Gasteiger partial charge in [-0.3, -0.25) is 14.4 Å². The second-order valence-electron chi connectivity index (χ2n) is 9.31. The van der Waals surface area contributed by atoms with Gasteiger partial charge in [-0.15, -0.1) is 0 Å². The van der Waals surface area contributed by atoms with Crippen LogP contribution in [0.25, 0.3) is 0 Å². The molecule has 13 heteroatoms. The number of amides is 2. The molecule has 0 fully saturated rings. The van der Waals surface area contributed by atoms with Crippen LogP contribution in [0.1, 0.15) is 35.5 Å². The number of hydrogen-bond acceptors (Lipinski definition) is 6. The molecule has 210 valence electrons. The molecule has 2 N–H and O–H groups in total. The highest BCUT2D eigenvalue weighted by Gasteiger charge is 2.36. The van der Waals surface area contributed by atoms with E-state index in [0.717, 1.165) is 4.31 Å². The smallest absolute Gasteiger partial charge is 0.265 e. The van der Waals surface area contributed by atoms with Crippen LogP contribution < -0.4 is 14.9 Å². The molecule has 4 rings (SSSR count). The van der Waals surface area contributed by atoms with E-state index in [-0.39, 0.29) is 62.4 Å². The SMILES string of the molecule is CC(=O)N[C@H](C)C(=O)N[C@@H]1Cc2ccc(CC(=O)c3c(Cl)cccc3Cl)nc2N(S(=O)(=O)c2cccc(Cl)c2)C1. The number of hydrogen-bond donors (Lipinski definition) is 2. The molecule has 2 aromatic carbocycles. The average Bonchev–Trinajstić information content (AvgIpc) is 2.87. The number of fused-ring (bicyclic) bond motifs is 1. The quantitative estimate of drug-likeness (QED) is 0.362. The van der Waals surface area contributed by atoms with Crippen molar-refractivity contribution in [2.75, 3.05) is 10.8 Å². The number of aromatic nitrogens is 1. The molecule has 1 aliphatic heterocycles. The minimum absolute atomic E-state index is 0.0596. The summed E-state index contributed by atoms with van der Waals surface area (Å²) in [5.41, 5.74) is 1.01. The number of carbonyl (C=O) groups is 3. The van der Waals surface area contributed by atoms with Gasteiger partial charge in [-0.1, -0.05) is 53.0 Å². The highest BCUT2D eigenvalue weighted by molar-refractivity contribution is 7.92. The van der Waals surface area contributed by atoms with Gasteiger partial charge in [0.15, 0.2) is 5.78 Å². The van der Waals surface area contributed by atoms with Gasteiger partial charge in [-0.2, -0.15) is 0 Å². The lowest BCUT2D eigenvalue weighted by molar-refractivity contribution is -0.128. The Bertz CT molecular complexity index is 1580. The molecule has 0 saturated carbocycles. The Morgan fingerprint density at radius 1 is 1.05 bits per heavy atom. The van der Waals surface area contributed by atoms with E-state index >= 15 is 0 Å². The summed E-state index contributed by atoms with van der Waals surface area (Å²) in [6.07, 6.45) is 0.100. The third-order valence-corrected chi connectivity index (χ3v) is 8.85. The Balaban J connectivity index is 1.70. The van der Waals surface area contributed by atoms with Gasteiger partial charge in [0, 0.05) is 11.9 Å². The van der Waals surface area contributed by atoms with E-state index < -0.39 is 28.0 Å². The van der Waals surface area contributed by atoms with Crippen LogP contribution in [0, 0.1) is 0 Å². The molecule has 0 bridgehead atoms. The van der Waals surface area contributed by atoms with Crippen molar-refractivity contribution in [3.8, 4) is 0 Å². The maximum atomic E-state index is 13.8. The summed E-state index contributed by atoms with van der Waals surface area (Å²) in [7, 11) is -4.18. The lowest BCUT2D eigenvalue weighted by Gasteiger charge is -2.35. The van der Waals surface area contributed by atoms with Crippen LogP contribution in [-0.2, 0) is 32.5 Å². The lowest BCUT2D eigenvalue weighted by Crippen LogP contribution is -2.54. The largest absolute Gasteiger partial charge is 0.349 e. The molecule has 2 heterocycles. The number of pyridine rings is 1. The minimum Gasteiger partial charge on any atom is -0.349 e. The highest BCUT2D eigenvalue weighted by atomic mass is 35.5. The predicted molar refractivity (Wildman–Crippen MR) is 154 cm³/mol. The number of rotatable bonds is 8. The molecular weight excluding hydrogens is 599 g/mol. The van der Waals surface area contributed by atoms with Gasteiger partial charge < -0.3 is 10.6 Å². The first-order valence-corrected chi connectivity index (χ1v) is 14.8. The average molecular weight is 624 g/mol. The first-order chi connectivity index (χ1) is 18.9. The van der Waals surface area contributed by atoms with E-state index in [9.17, 15) is 22.8 Å². The maximum Gasteiger partial charge on any atom is 0.265 e. The molecule has 2 atom stereocenters. The number of Topliss-reactive ketones (excluding diaryl/α,β-unsaturated/α-hetero) is 1. The number of nitrogens with one attached hydrogen (secondary N) is 2. The standard InChI is InChI=1S/C27H25Cl3N4O5S/c1-15(31-16(2)35)27(37)33-20-11-17-9-10-19(13-24(36)25-22(29)7-4-8-23(25)30)32-26(17)34(14-20)40(38,39)21-6-3-5-18(28)12-21/h3-10,12,15,20H,11,13-14H2,1-2H3,(H,31,35)(H,33,37)/t15-,20-/m1/s1. The van der Waals surface area contributed by atoms with Crippen LogP contribution in [0.3, 0.4) is 0 Å². The van der Waals surface area contributed by atoms with Crippen molar-refractivity contribution in [2.24, 2.45) is 0 Å². The normalized spacial score (nSPS) is 15.6. The van der Waals surface area contributed by atoms with Gasteiger partial charge >= 0.3 is 0 Å². The number of halogens is 3. The second-order valence-corrected chi connectivity index (χ2v) is 12.4. The first kappa shape index (κ1) is 29.8. The van der Waals surface area contributed by atoms with E-state index in [1.807, 2.05) is 0 Å². The molecule has 40 heavy (non-hydrogen) atoms. The number of nitrogens with zero attached hydrogens (tertiary/aromatic N) is 2. The zero-order chi connectivity index (χ0) is 29.2. The van der Waals surface area contributed by atoms with Crippen molar-refractivity contribution < 1.29 is 22.8 Å². The zero-order valence-electron chi connectivity index (χ0n) is 21.4. The van der Waals surface area contributed by atoms with Crippen LogP contribution in [0.5, 0.6) is 0 Å². The molecule has 1 aliphatic rings. The summed E-state index contributed by atoms with van der Waals surface area (Å²) in [6, 6.07) is 12.4. The fourth-order valence-corrected chi connectivity index (χ4v) is 6.79. The number of sulfonamides is 1. The zero-order valence-corrected chi connectivity index (χ0v) is 24.5. The maximum absolute atomic E-state index is 13.8. The van der Waals surface area contributed by atoms with Crippen molar-refractivity contribution in [1.29, 1.82) is 0 Å². The van der Waals surface area contributed by atoms with Crippen LogP contribution in [0.2, 0.25) is 15.1 Å². The summed E-state index contributed by atoms with van der Waals surface area (Å²) in [5.74, 6) is -1.07. The molecule has 0 saturated heterocycles. The van der Waals surface area contributed by atoms with Crippen molar-refractivity contribution in [1.82, 2.24) is 15.6 Å². The summed E-state index contributed by atoms with van der Waals surface area (Å²) in [5, 5.41) is 5.96. The minimum atomic E-state index is -4.18. The molecule has 3 aromatic rings. The third-order valence-electron chi connectivity index (χ3n) is 6.23. The Kier molecular flexibility index (Phi) is 9.04. The second kappa shape index (κ2) is 12.1. The lowest BCUT2D eigenvalue weighted by atomic mass is 10.0. The number of anilines is 1. The van der Waals surface area contributed by atoms with Crippen LogP contribution in [0.4, 0.5) is 5.82 Å². The van der Waals surface area contributed by atoms with E-state index in [2.05, 4.69) is 15.6 Å². The van der Waals surface area contributed by atoms with Gasteiger partial charge in [-0.05, 0) is 55.3 Å². The van der Waals surface area contributed by atoms with Gasteiger partial charge in [0.25, 0.3) is 10.0 Å². The summed E-state index contributed by atoms with van der Waals surface area (Å²) in [4.78, 5) is 41.6. The molecule has 2 amide bonds. The summed E-state index contributed by atoms with van der Waals surface area (Å²) in [6.45, 7) is 2.69. The first-order valence-electron chi connectivity index (χ1n) is 12.2. The Morgan fingerprint density at radius 2 is 1.73 bits per heavy atom. The number of ketones is 1. The van der Waals surface area contributed by atoms with Gasteiger partial charge in [0.2, 0.25) is 11.8 Å². The molecular formula is C27H25Cl3N4O5S. The Hall–Kier alpha value is -3.18. The third kappa shape index (κ3) is 6.58. The number of benzene rings is 2. The number of carbonyl (C=O) groups excluding carboxylic acids is 3. The molecule has 1 aromatic heterocycles. The van der Waals surface area contributed by atoms with Gasteiger partial charge in [0.1, 0.15) is 11.9 Å². The Morgan fingerprint density at radius 3 is 2.38 bits per heavy atom. The van der Waals surface area contributed by atoms with E-state index in [1.165, 1.54) is 32.0 Å². The van der Waals surface area contributed by atoms with E-state index in [4.69, 9.17) is 34.8 Å². The molecule has 0 unspecified atom stereocenters. The Labute approximate surface area is 246 Å². The monoisotopic (exact) mass is 622 g/mol. The van der Waals surface area contributed by atoms with E-state index in [0.29, 0.717) is 11.3 Å². The topological polar surface area (TPSA) is 126 Å². The van der Waals surface area contributed by atoms with Crippen molar-refractivity contribution in [2.45, 2.75) is 43.7 Å². The van der Waals surface area contributed by atoms with Crippen molar-refractivity contribution >= 4 is 68.2 Å². The molecule has 9 nitrogen and oxygen atoms in total. The molecule has 0 spiro atoms. The van der Waals surface area contributed by atoms with E-state index in [1.54, 1.807) is 36.4 Å². The fourth-order valence-electron chi connectivity index (χ4n) is 4.38. The summed E-state index contributed by atoms with van der Waals surface area (Å²) < 4.78 is 28.7. The van der Waals surface area contributed by atoms with Gasteiger partial charge in [0.05, 0.1) is 45.2 Å². The summed E-state index contributed by atoms with van der Waals surface area (Å²) >= 11 is 18.5. The van der Waals surface area contributed by atoms with Crippen LogP contribution in [-0.4, -0.2) is 49.6 Å². The van der Waals surface area contributed by atoms with Crippen LogP contribution in [0.15, 0.2) is 59.5 Å². The van der Waals surface area contributed by atoms with Gasteiger partial charge in [-0.25, -0.2) is 17.7 Å². The molecule has 0 aliphatic carbocycles. The highest BCUT2D eigenvalue weighted by Crippen LogP contribution is 2.32. The predicted octanol–water partition coefficient (Wildman–Crippen LogP) is 4.23. The molecule has 0 radical (unpaired) electrons. The fraction of sp³-hybridized carbons (Fsp3) is 0.259. The van der Waals surface area contributed by atoms with Crippen LogP contribution >= 0.6 is 34.8 Å². The van der Waals surface area contributed by atoms with Crippen molar-refractivity contribution in [3.05, 3.63) is 86.5 Å².